The molecular weight excluding hydrogens is 561 g/mol. The number of hydrogen-bond donors (Lipinski definition) is 5. The minimum absolute atomic E-state index is 0.293. The zero-order valence-electron chi connectivity index (χ0n) is 21.5. The van der Waals surface area contributed by atoms with Crippen molar-refractivity contribution in [3.05, 3.63) is 94.6 Å². The van der Waals surface area contributed by atoms with E-state index in [2.05, 4.69) is 43.4 Å². The minimum atomic E-state index is -5.08. The predicted octanol–water partition coefficient (Wildman–Crippen LogP) is 7.30. The molecule has 2 amide bonds. The summed E-state index contributed by atoms with van der Waals surface area (Å²) < 4.78 is 31.7. The van der Waals surface area contributed by atoms with Crippen LogP contribution in [-0.4, -0.2) is 33.3 Å². The number of aliphatic carboxylic acids is 1. The van der Waals surface area contributed by atoms with Gasteiger partial charge in [0.2, 0.25) is 5.95 Å². The molecule has 0 fully saturated rings. The molecule has 5 rings (SSSR count). The van der Waals surface area contributed by atoms with Crippen LogP contribution in [0.3, 0.4) is 0 Å². The van der Waals surface area contributed by atoms with Gasteiger partial charge in [-0.3, -0.25) is 0 Å². The van der Waals surface area contributed by atoms with Gasteiger partial charge in [0.25, 0.3) is 0 Å². The Morgan fingerprint density at radius 2 is 1.66 bits per heavy atom. The number of nitrogens with one attached hydrogen (secondary N) is 4. The predicted molar refractivity (Wildman–Crippen MR) is 151 cm³/mol. The number of anilines is 6. The zero-order valence-corrected chi connectivity index (χ0v) is 22.3. The highest BCUT2D eigenvalue weighted by Crippen LogP contribution is 2.29. The Morgan fingerprint density at radius 3 is 2.37 bits per heavy atom. The molecule has 0 aliphatic carbocycles. The fourth-order valence-electron chi connectivity index (χ4n) is 3.79. The number of carboxylic acid groups (broad SMARTS) is 1. The Kier molecular flexibility index (Phi) is 8.93. The number of urea groups is 1. The quantitative estimate of drug-likeness (QED) is 0.167. The fraction of sp³-hybridized carbons (Fsp3) is 0.143. The summed E-state index contributed by atoms with van der Waals surface area (Å²) in [6.45, 7) is 2.01. The lowest BCUT2D eigenvalue weighted by Gasteiger charge is -2.15. The third-order valence-corrected chi connectivity index (χ3v) is 6.05. The van der Waals surface area contributed by atoms with Gasteiger partial charge in [0.15, 0.2) is 5.82 Å². The van der Waals surface area contributed by atoms with Crippen LogP contribution in [0.4, 0.5) is 52.5 Å². The molecule has 212 valence electrons. The average Bonchev–Trinajstić information content (AvgIpc) is 2.92. The molecule has 13 heteroatoms. The summed E-state index contributed by atoms with van der Waals surface area (Å²) in [5.41, 5.74) is 6.48. The highest BCUT2D eigenvalue weighted by Gasteiger charge is 2.38. The van der Waals surface area contributed by atoms with Crippen LogP contribution >= 0.6 is 11.6 Å². The maximum Gasteiger partial charge on any atom is 0.490 e. The van der Waals surface area contributed by atoms with Gasteiger partial charge in [0.1, 0.15) is 5.02 Å². The van der Waals surface area contributed by atoms with Gasteiger partial charge in [-0.05, 0) is 73.4 Å². The van der Waals surface area contributed by atoms with Gasteiger partial charge in [0, 0.05) is 22.7 Å². The van der Waals surface area contributed by atoms with Gasteiger partial charge in [-0.2, -0.15) is 18.2 Å². The lowest BCUT2D eigenvalue weighted by Crippen LogP contribution is -2.21. The van der Waals surface area contributed by atoms with Crippen molar-refractivity contribution in [2.45, 2.75) is 25.9 Å². The second-order valence-electron chi connectivity index (χ2n) is 8.96. The molecule has 1 aliphatic rings. The molecule has 2 heterocycles. The van der Waals surface area contributed by atoms with Gasteiger partial charge in [-0.1, -0.05) is 41.4 Å². The maximum atomic E-state index is 12.7. The summed E-state index contributed by atoms with van der Waals surface area (Å²) >= 11 is 6.34. The van der Waals surface area contributed by atoms with Crippen LogP contribution in [0.15, 0.2) is 72.9 Å². The SMILES string of the molecule is Cc1ccc(NC(=O)Nc2ccc3cc2CCc2cccc(c2)Nc2ncc(Cl)c(n2)N3)cc1.O=C(O)C(F)(F)F. The van der Waals surface area contributed by atoms with Crippen molar-refractivity contribution in [3.8, 4) is 0 Å². The third kappa shape index (κ3) is 8.32. The standard InChI is InChI=1S/C26H23ClN6O.C2HF3O2/c1-16-5-9-19(10-6-16)31-26(34)32-23-12-11-21-14-18(23)8-7-17-3-2-4-20(13-17)30-25-28-15-22(27)24(29-21)33-25;3-2(4,5)1(6)7/h2-6,9-15H,7-8H2,1H3,(H2,31,32,34)(H2,28,29,30,33);(H,6,7). The average molecular weight is 585 g/mol. The van der Waals surface area contributed by atoms with Gasteiger partial charge >= 0.3 is 18.2 Å². The number of fused-ring (bicyclic) bond motifs is 6. The molecule has 9 nitrogen and oxygen atoms in total. The number of aromatic nitrogens is 2. The number of alkyl halides is 3. The molecule has 0 unspecified atom stereocenters. The number of hydrogen-bond acceptors (Lipinski definition) is 6. The Morgan fingerprint density at radius 1 is 0.951 bits per heavy atom. The van der Waals surface area contributed by atoms with E-state index in [1.165, 1.54) is 0 Å². The molecule has 0 saturated carbocycles. The smallest absolute Gasteiger partial charge is 0.475 e. The number of halogens is 4. The first-order valence-electron chi connectivity index (χ1n) is 12.2. The van der Waals surface area contributed by atoms with Gasteiger partial charge in [0.05, 0.1) is 6.20 Å². The molecule has 3 aromatic carbocycles. The summed E-state index contributed by atoms with van der Waals surface area (Å²) in [6, 6.07) is 21.3. The molecule has 0 spiro atoms. The number of carboxylic acids is 1. The Bertz CT molecular complexity index is 1560. The van der Waals surface area contributed by atoms with Crippen molar-refractivity contribution < 1.29 is 27.9 Å². The van der Waals surface area contributed by atoms with E-state index in [0.717, 1.165) is 52.3 Å². The second kappa shape index (κ2) is 12.6. The Labute approximate surface area is 237 Å². The normalized spacial score (nSPS) is 12.0. The summed E-state index contributed by atoms with van der Waals surface area (Å²) in [6.07, 6.45) is -1.99. The Hall–Kier alpha value is -4.84. The van der Waals surface area contributed by atoms with Crippen molar-refractivity contribution in [2.24, 2.45) is 0 Å². The summed E-state index contributed by atoms with van der Waals surface area (Å²) in [5.74, 6) is -1.81. The van der Waals surface area contributed by atoms with Crippen molar-refractivity contribution in [1.82, 2.24) is 9.97 Å². The summed E-state index contributed by atoms with van der Waals surface area (Å²) in [4.78, 5) is 30.4. The number of carbonyl (C=O) groups excluding carboxylic acids is 1. The molecule has 0 atom stereocenters. The molecule has 0 saturated heterocycles. The number of carbonyl (C=O) groups is 2. The molecule has 41 heavy (non-hydrogen) atoms. The van der Waals surface area contributed by atoms with Crippen LogP contribution in [0.2, 0.25) is 5.02 Å². The fourth-order valence-corrected chi connectivity index (χ4v) is 3.92. The monoisotopic (exact) mass is 584 g/mol. The van der Waals surface area contributed by atoms with Crippen LogP contribution in [0.5, 0.6) is 0 Å². The van der Waals surface area contributed by atoms with Crippen LogP contribution in [-0.2, 0) is 17.6 Å². The number of rotatable bonds is 2. The first kappa shape index (κ1) is 29.2. The van der Waals surface area contributed by atoms with E-state index in [9.17, 15) is 18.0 Å². The molecule has 4 aromatic rings. The number of amides is 2. The first-order chi connectivity index (χ1) is 19.5. The number of nitrogens with zero attached hydrogens (tertiary/aromatic N) is 2. The highest BCUT2D eigenvalue weighted by atomic mass is 35.5. The van der Waals surface area contributed by atoms with Gasteiger partial charge < -0.3 is 26.4 Å². The van der Waals surface area contributed by atoms with Crippen molar-refractivity contribution in [1.29, 1.82) is 0 Å². The second-order valence-corrected chi connectivity index (χ2v) is 9.37. The first-order valence-corrected chi connectivity index (χ1v) is 12.6. The van der Waals surface area contributed by atoms with E-state index in [0.29, 0.717) is 16.8 Å². The largest absolute Gasteiger partial charge is 0.490 e. The third-order valence-electron chi connectivity index (χ3n) is 5.78. The van der Waals surface area contributed by atoms with Crippen LogP contribution in [0.1, 0.15) is 16.7 Å². The van der Waals surface area contributed by atoms with Gasteiger partial charge in [-0.25, -0.2) is 14.6 Å². The zero-order chi connectivity index (χ0) is 29.6. The molecular formula is C28H24ClF3N6O3. The van der Waals surface area contributed by atoms with E-state index in [-0.39, 0.29) is 6.03 Å². The van der Waals surface area contributed by atoms with Gasteiger partial charge in [-0.15, -0.1) is 0 Å². The minimum Gasteiger partial charge on any atom is -0.475 e. The maximum absolute atomic E-state index is 12.7. The van der Waals surface area contributed by atoms with Crippen molar-refractivity contribution in [3.63, 3.8) is 0 Å². The van der Waals surface area contributed by atoms with Crippen LogP contribution in [0.25, 0.3) is 0 Å². The van der Waals surface area contributed by atoms with Crippen molar-refractivity contribution >= 4 is 58.1 Å². The topological polar surface area (TPSA) is 128 Å². The molecule has 0 radical (unpaired) electrons. The molecule has 6 bridgehead atoms. The van der Waals surface area contributed by atoms with E-state index in [1.54, 1.807) is 6.20 Å². The Balaban J connectivity index is 0.000000493. The lowest BCUT2D eigenvalue weighted by atomic mass is 10.0. The van der Waals surface area contributed by atoms with E-state index in [4.69, 9.17) is 21.5 Å². The lowest BCUT2D eigenvalue weighted by molar-refractivity contribution is -0.192. The number of benzene rings is 3. The van der Waals surface area contributed by atoms with Crippen LogP contribution < -0.4 is 21.3 Å². The molecule has 1 aliphatic heterocycles. The van der Waals surface area contributed by atoms with E-state index in [1.807, 2.05) is 61.5 Å². The molecule has 1 aromatic heterocycles. The molecule has 5 N–H and O–H groups in total. The van der Waals surface area contributed by atoms with E-state index < -0.39 is 12.1 Å². The van der Waals surface area contributed by atoms with E-state index >= 15 is 0 Å². The summed E-state index contributed by atoms with van der Waals surface area (Å²) in [7, 11) is 0. The van der Waals surface area contributed by atoms with Crippen molar-refractivity contribution in [2.75, 3.05) is 21.3 Å². The number of aryl methyl sites for hydroxylation is 3. The highest BCUT2D eigenvalue weighted by molar-refractivity contribution is 6.32. The summed E-state index contributed by atoms with van der Waals surface area (Å²) in [5, 5.41) is 19.9. The van der Waals surface area contributed by atoms with Crippen LogP contribution in [0, 0.1) is 6.92 Å².